The predicted octanol–water partition coefficient (Wildman–Crippen LogP) is 5.95. The molecule has 0 unspecified atom stereocenters. The van der Waals surface area contributed by atoms with Crippen molar-refractivity contribution < 1.29 is 26.1 Å². The molecule has 0 atom stereocenters. The van der Waals surface area contributed by atoms with Gasteiger partial charge in [-0.15, -0.1) is 0 Å². The molecule has 0 saturated carbocycles. The molecule has 0 spiro atoms. The van der Waals surface area contributed by atoms with Crippen LogP contribution in [0.15, 0.2) is 104 Å². The Labute approximate surface area is 166 Å². The van der Waals surface area contributed by atoms with Gasteiger partial charge in [0.25, 0.3) is 0 Å². The van der Waals surface area contributed by atoms with Crippen molar-refractivity contribution in [3.63, 3.8) is 0 Å². The Hall–Kier alpha value is -2.18. The number of benzene rings is 3. The first kappa shape index (κ1) is 17.6. The van der Waals surface area contributed by atoms with E-state index in [2.05, 4.69) is 79.9 Å². The van der Waals surface area contributed by atoms with Gasteiger partial charge in [-0.1, -0.05) is 0 Å². The molecule has 1 heteroatoms. The van der Waals surface area contributed by atoms with Gasteiger partial charge in [-0.25, -0.2) is 0 Å². The quantitative estimate of drug-likeness (QED) is 0.296. The monoisotopic (exact) mass is 509 g/mol. The molecule has 0 radical (unpaired) electrons. The van der Waals surface area contributed by atoms with Crippen LogP contribution in [-0.2, 0) is 26.1 Å². The van der Waals surface area contributed by atoms with Gasteiger partial charge in [-0.3, -0.25) is 0 Å². The normalized spacial score (nSPS) is 11.2. The molecule has 0 aliphatic carbocycles. The van der Waals surface area contributed by atoms with E-state index in [-0.39, 0.29) is 0 Å². The predicted molar refractivity (Wildman–Crippen MR) is 105 cm³/mol. The second kappa shape index (κ2) is 8.27. The molecule has 0 saturated heterocycles. The van der Waals surface area contributed by atoms with Crippen LogP contribution in [-0.4, -0.2) is 0 Å². The Morgan fingerprint density at radius 1 is 0.720 bits per heavy atom. The molecule has 0 aliphatic heterocycles. The second-order valence-electron chi connectivity index (χ2n) is 5.93. The van der Waals surface area contributed by atoms with Crippen LogP contribution in [0.4, 0.5) is 0 Å². The Kier molecular flexibility index (Phi) is 5.83. The second-order valence-corrected chi connectivity index (χ2v) is 9.10. The summed E-state index contributed by atoms with van der Waals surface area (Å²) in [6.07, 6.45) is 5.71. The van der Waals surface area contributed by atoms with Crippen molar-refractivity contribution in [3.8, 4) is 22.3 Å². The zero-order chi connectivity index (χ0) is 17.6. The first-order valence-corrected chi connectivity index (χ1v) is 11.0. The molecule has 0 fully saturated rings. The number of allylic oxidation sites excluding steroid dienone is 4. The molecule has 0 amide bonds. The molecule has 0 aromatic heterocycles. The van der Waals surface area contributed by atoms with Crippen LogP contribution in [0.1, 0.15) is 5.56 Å². The van der Waals surface area contributed by atoms with Crippen LogP contribution < -0.4 is 3.07 Å². The van der Waals surface area contributed by atoms with Crippen LogP contribution in [0.5, 0.6) is 0 Å². The Balaban J connectivity index is 2.23. The van der Waals surface area contributed by atoms with Gasteiger partial charge in [0.15, 0.2) is 0 Å². The average molecular weight is 508 g/mol. The molecule has 3 aromatic rings. The van der Waals surface area contributed by atoms with E-state index >= 15 is 0 Å². The third-order valence-corrected chi connectivity index (χ3v) is 5.86. The van der Waals surface area contributed by atoms with Gasteiger partial charge in [0, 0.05) is 0 Å². The van der Waals surface area contributed by atoms with Crippen molar-refractivity contribution in [2.75, 3.05) is 0 Å². The number of rotatable bonds is 5. The Morgan fingerprint density at radius 3 is 2.04 bits per heavy atom. The van der Waals surface area contributed by atoms with Crippen LogP contribution in [0.3, 0.4) is 0 Å². The summed E-state index contributed by atoms with van der Waals surface area (Å²) in [5.41, 5.74) is 7.19. The van der Waals surface area contributed by atoms with E-state index in [4.69, 9.17) is 0 Å². The maximum atomic E-state index is 3.97. The van der Waals surface area contributed by atoms with Gasteiger partial charge in [-0.2, -0.15) is 0 Å². The molecule has 117 valence electrons. The summed E-state index contributed by atoms with van der Waals surface area (Å²) in [7, 11) is 0. The standard InChI is InChI=1S/C24H19.Hg/c1-3-11-19(4-2)22-16-23(20-12-7-5-8-13-20)18-24(17-22)21-14-9-6-10-15-21;/h3-9,11-18H,1-2H2;/b19-11+;. The van der Waals surface area contributed by atoms with E-state index in [1.165, 1.54) is 25.3 Å². The van der Waals surface area contributed by atoms with Crippen molar-refractivity contribution in [1.29, 1.82) is 0 Å². The molecule has 3 rings (SSSR count). The molecular formula is C24H19Hg. The fraction of sp³-hybridized carbons (Fsp3) is 0. The van der Waals surface area contributed by atoms with Crippen LogP contribution >= 0.6 is 0 Å². The van der Waals surface area contributed by atoms with Crippen molar-refractivity contribution >= 4 is 8.65 Å². The van der Waals surface area contributed by atoms with Gasteiger partial charge < -0.3 is 0 Å². The summed E-state index contributed by atoms with van der Waals surface area (Å²) in [6.45, 7) is 7.80. The van der Waals surface area contributed by atoms with Gasteiger partial charge in [0.2, 0.25) is 0 Å². The zero-order valence-electron chi connectivity index (χ0n) is 14.3. The summed E-state index contributed by atoms with van der Waals surface area (Å²) in [6, 6.07) is 26.1. The van der Waals surface area contributed by atoms with Crippen molar-refractivity contribution in [3.05, 3.63) is 110 Å². The third-order valence-electron chi connectivity index (χ3n) is 4.15. The van der Waals surface area contributed by atoms with E-state index in [0.29, 0.717) is 26.1 Å². The topological polar surface area (TPSA) is 0 Å². The van der Waals surface area contributed by atoms with Gasteiger partial charge in [0.1, 0.15) is 0 Å². The van der Waals surface area contributed by atoms with Crippen molar-refractivity contribution in [2.45, 2.75) is 0 Å². The summed E-state index contributed by atoms with van der Waals surface area (Å²) in [4.78, 5) is 0. The number of hydrogen-bond acceptors (Lipinski definition) is 0. The van der Waals surface area contributed by atoms with Crippen LogP contribution in [0.2, 0.25) is 0 Å². The van der Waals surface area contributed by atoms with E-state index in [0.717, 1.165) is 11.1 Å². The SMILES string of the molecule is C=C/C=C(\C=C)c1cc(-c2ccccc2)cc(-c2ccc[c]([Hg])c2)c1. The third kappa shape index (κ3) is 4.26. The fourth-order valence-corrected chi connectivity index (χ4v) is 4.30. The minimum atomic E-state index is 0.625. The Morgan fingerprint density at radius 2 is 1.40 bits per heavy atom. The van der Waals surface area contributed by atoms with Gasteiger partial charge in [-0.05, 0) is 0 Å². The maximum absolute atomic E-state index is 3.97. The zero-order valence-corrected chi connectivity index (χ0v) is 19.8. The van der Waals surface area contributed by atoms with E-state index < -0.39 is 0 Å². The minimum absolute atomic E-state index is 0.625. The summed E-state index contributed by atoms with van der Waals surface area (Å²) < 4.78 is 1.45. The first-order chi connectivity index (χ1) is 12.2. The molecule has 0 N–H and O–H groups in total. The van der Waals surface area contributed by atoms with Gasteiger partial charge >= 0.3 is 167 Å². The Bertz CT molecular complexity index is 933. The number of hydrogen-bond donors (Lipinski definition) is 0. The van der Waals surface area contributed by atoms with Crippen LogP contribution in [0, 0.1) is 0 Å². The molecule has 0 aliphatic rings. The summed E-state index contributed by atoms with van der Waals surface area (Å²) >= 11 is 0.625. The molecule has 0 bridgehead atoms. The summed E-state index contributed by atoms with van der Waals surface area (Å²) in [5.74, 6) is 0. The average Bonchev–Trinajstić information content (AvgIpc) is 2.66. The molecule has 25 heavy (non-hydrogen) atoms. The van der Waals surface area contributed by atoms with E-state index in [1.807, 2.05) is 24.3 Å². The molecule has 0 nitrogen and oxygen atoms in total. The van der Waals surface area contributed by atoms with Gasteiger partial charge in [0.05, 0.1) is 0 Å². The summed E-state index contributed by atoms with van der Waals surface area (Å²) in [5, 5.41) is 0. The van der Waals surface area contributed by atoms with E-state index in [1.54, 1.807) is 0 Å². The van der Waals surface area contributed by atoms with Crippen LogP contribution in [0.25, 0.3) is 27.8 Å². The van der Waals surface area contributed by atoms with Crippen molar-refractivity contribution in [1.82, 2.24) is 0 Å². The van der Waals surface area contributed by atoms with Crippen molar-refractivity contribution in [2.24, 2.45) is 0 Å². The fourth-order valence-electron chi connectivity index (χ4n) is 2.92. The van der Waals surface area contributed by atoms with E-state index in [9.17, 15) is 0 Å². The first-order valence-electron chi connectivity index (χ1n) is 8.29. The molecule has 0 heterocycles. The molecule has 3 aromatic carbocycles. The molecular weight excluding hydrogens is 489 g/mol.